The number of ether oxygens (including phenoxy) is 2. The van der Waals surface area contributed by atoms with E-state index in [1.807, 2.05) is 43.3 Å². The van der Waals surface area contributed by atoms with E-state index in [0.29, 0.717) is 24.6 Å². The van der Waals surface area contributed by atoms with Gasteiger partial charge >= 0.3 is 0 Å². The van der Waals surface area contributed by atoms with Crippen LogP contribution in [-0.2, 0) is 16.1 Å². The number of hydrogen-bond donors (Lipinski definition) is 1. The normalized spacial score (nSPS) is 11.5. The lowest BCUT2D eigenvalue weighted by molar-refractivity contribution is -0.142. The van der Waals surface area contributed by atoms with E-state index >= 15 is 0 Å². The highest BCUT2D eigenvalue weighted by molar-refractivity contribution is 5.88. The van der Waals surface area contributed by atoms with Crippen molar-refractivity contribution in [2.75, 3.05) is 20.3 Å². The molecule has 2 aromatic carbocycles. The van der Waals surface area contributed by atoms with Crippen LogP contribution in [0.15, 0.2) is 48.5 Å². The summed E-state index contributed by atoms with van der Waals surface area (Å²) in [7, 11) is 1.55. The molecule has 30 heavy (non-hydrogen) atoms. The van der Waals surface area contributed by atoms with Crippen LogP contribution in [-0.4, -0.2) is 43.0 Å². The molecule has 0 radical (unpaired) electrons. The highest BCUT2D eigenvalue weighted by Gasteiger charge is 2.26. The number of aryl methyl sites for hydroxylation is 1. The minimum absolute atomic E-state index is 0.166. The molecule has 1 atom stereocenters. The summed E-state index contributed by atoms with van der Waals surface area (Å²) >= 11 is 0. The molecule has 0 fully saturated rings. The molecule has 0 saturated heterocycles. The third-order valence-electron chi connectivity index (χ3n) is 4.89. The van der Waals surface area contributed by atoms with Crippen LogP contribution in [0.1, 0.15) is 37.8 Å². The first-order chi connectivity index (χ1) is 14.5. The van der Waals surface area contributed by atoms with Gasteiger partial charge in [-0.25, -0.2) is 0 Å². The molecule has 0 heterocycles. The maximum absolute atomic E-state index is 13.0. The molecule has 0 aliphatic rings. The zero-order chi connectivity index (χ0) is 21.9. The lowest BCUT2D eigenvalue weighted by Gasteiger charge is -2.29. The summed E-state index contributed by atoms with van der Waals surface area (Å²) in [6.45, 7) is 6.57. The highest BCUT2D eigenvalue weighted by atomic mass is 16.5. The molecule has 0 aliphatic heterocycles. The van der Waals surface area contributed by atoms with Crippen LogP contribution in [0.3, 0.4) is 0 Å². The fourth-order valence-corrected chi connectivity index (χ4v) is 2.97. The Bertz CT molecular complexity index is 820. The molecular weight excluding hydrogens is 380 g/mol. The third-order valence-corrected chi connectivity index (χ3v) is 4.89. The average Bonchev–Trinajstić information content (AvgIpc) is 2.76. The molecule has 6 nitrogen and oxygen atoms in total. The predicted octanol–water partition coefficient (Wildman–Crippen LogP) is 3.72. The van der Waals surface area contributed by atoms with Crippen molar-refractivity contribution in [3.63, 3.8) is 0 Å². The minimum atomic E-state index is -0.614. The Morgan fingerprint density at radius 1 is 1.07 bits per heavy atom. The van der Waals surface area contributed by atoms with E-state index in [9.17, 15) is 9.59 Å². The maximum atomic E-state index is 13.0. The number of amides is 2. The van der Waals surface area contributed by atoms with Gasteiger partial charge in [-0.2, -0.15) is 0 Å². The van der Waals surface area contributed by atoms with Crippen LogP contribution >= 0.6 is 0 Å². The SMILES string of the molecule is CCCCNC(=O)C(C)N(Cc1ccc(C)cc1)C(=O)COc1ccccc1OC. The molecule has 2 rings (SSSR count). The van der Waals surface area contributed by atoms with Gasteiger partial charge in [-0.05, 0) is 38.0 Å². The Kier molecular flexibility index (Phi) is 9.19. The number of benzene rings is 2. The summed E-state index contributed by atoms with van der Waals surface area (Å²) < 4.78 is 11.0. The number of nitrogens with zero attached hydrogens (tertiary/aromatic N) is 1. The zero-order valence-electron chi connectivity index (χ0n) is 18.3. The molecule has 1 unspecified atom stereocenters. The largest absolute Gasteiger partial charge is 0.493 e. The van der Waals surface area contributed by atoms with Crippen molar-refractivity contribution in [2.45, 2.75) is 46.2 Å². The lowest BCUT2D eigenvalue weighted by Crippen LogP contribution is -2.49. The number of para-hydroxylation sites is 2. The first-order valence-corrected chi connectivity index (χ1v) is 10.3. The number of carbonyl (C=O) groups is 2. The Balaban J connectivity index is 2.13. The highest BCUT2D eigenvalue weighted by Crippen LogP contribution is 2.25. The van der Waals surface area contributed by atoms with Gasteiger partial charge in [-0.15, -0.1) is 0 Å². The molecule has 162 valence electrons. The number of rotatable bonds is 11. The molecule has 2 aromatic rings. The van der Waals surface area contributed by atoms with Crippen molar-refractivity contribution in [1.82, 2.24) is 10.2 Å². The molecular formula is C24H32N2O4. The summed E-state index contributed by atoms with van der Waals surface area (Å²) in [6.07, 6.45) is 1.90. The third kappa shape index (κ3) is 6.79. The van der Waals surface area contributed by atoms with Crippen molar-refractivity contribution in [2.24, 2.45) is 0 Å². The second-order valence-corrected chi connectivity index (χ2v) is 7.27. The standard InChI is InChI=1S/C24H32N2O4/c1-5-6-15-25-24(28)19(3)26(16-20-13-11-18(2)12-14-20)23(27)17-30-22-10-8-7-9-21(22)29-4/h7-14,19H,5-6,15-17H2,1-4H3,(H,25,28). The molecule has 1 N–H and O–H groups in total. The van der Waals surface area contributed by atoms with Crippen molar-refractivity contribution < 1.29 is 19.1 Å². The Morgan fingerprint density at radius 2 is 1.73 bits per heavy atom. The van der Waals surface area contributed by atoms with E-state index in [2.05, 4.69) is 12.2 Å². The van der Waals surface area contributed by atoms with E-state index < -0.39 is 6.04 Å². The Morgan fingerprint density at radius 3 is 2.37 bits per heavy atom. The van der Waals surface area contributed by atoms with Crippen molar-refractivity contribution in [1.29, 1.82) is 0 Å². The van der Waals surface area contributed by atoms with Gasteiger partial charge in [0.2, 0.25) is 5.91 Å². The van der Waals surface area contributed by atoms with Crippen LogP contribution in [0, 0.1) is 6.92 Å². The van der Waals surface area contributed by atoms with Crippen molar-refractivity contribution in [3.05, 3.63) is 59.7 Å². The Labute approximate surface area is 179 Å². The summed E-state index contributed by atoms with van der Waals surface area (Å²) in [5, 5.41) is 2.91. The van der Waals surface area contributed by atoms with Gasteiger partial charge in [0.15, 0.2) is 18.1 Å². The van der Waals surface area contributed by atoms with Crippen LogP contribution < -0.4 is 14.8 Å². The van der Waals surface area contributed by atoms with Gasteiger partial charge in [0.25, 0.3) is 5.91 Å². The van der Waals surface area contributed by atoms with Gasteiger partial charge in [-0.3, -0.25) is 9.59 Å². The number of unbranched alkanes of at least 4 members (excludes halogenated alkanes) is 1. The molecule has 0 aromatic heterocycles. The van der Waals surface area contributed by atoms with Gasteiger partial charge in [0.05, 0.1) is 7.11 Å². The predicted molar refractivity (Wildman–Crippen MR) is 118 cm³/mol. The summed E-state index contributed by atoms with van der Waals surface area (Å²) in [5.74, 6) is 0.616. The van der Waals surface area contributed by atoms with Gasteiger partial charge in [0, 0.05) is 13.1 Å². The van der Waals surface area contributed by atoms with Crippen LogP contribution in [0.5, 0.6) is 11.5 Å². The van der Waals surface area contributed by atoms with Crippen molar-refractivity contribution >= 4 is 11.8 Å². The summed E-state index contributed by atoms with van der Waals surface area (Å²) in [4.78, 5) is 27.2. The smallest absolute Gasteiger partial charge is 0.261 e. The van der Waals surface area contributed by atoms with Gasteiger partial charge in [0.1, 0.15) is 6.04 Å². The van der Waals surface area contributed by atoms with Gasteiger partial charge < -0.3 is 19.7 Å². The number of methoxy groups -OCH3 is 1. The second-order valence-electron chi connectivity index (χ2n) is 7.27. The second kappa shape index (κ2) is 11.9. The van der Waals surface area contributed by atoms with E-state index in [1.165, 1.54) is 0 Å². The minimum Gasteiger partial charge on any atom is -0.493 e. The summed E-state index contributed by atoms with van der Waals surface area (Å²) in [5.41, 5.74) is 2.10. The van der Waals surface area contributed by atoms with E-state index in [0.717, 1.165) is 24.0 Å². The molecule has 6 heteroatoms. The number of carbonyl (C=O) groups excluding carboxylic acids is 2. The topological polar surface area (TPSA) is 67.9 Å². The quantitative estimate of drug-likeness (QED) is 0.571. The Hall–Kier alpha value is -3.02. The lowest BCUT2D eigenvalue weighted by atomic mass is 10.1. The van der Waals surface area contributed by atoms with Crippen LogP contribution in [0.4, 0.5) is 0 Å². The maximum Gasteiger partial charge on any atom is 0.261 e. The fraction of sp³-hybridized carbons (Fsp3) is 0.417. The zero-order valence-corrected chi connectivity index (χ0v) is 18.3. The number of hydrogen-bond acceptors (Lipinski definition) is 4. The van der Waals surface area contributed by atoms with E-state index in [1.54, 1.807) is 31.1 Å². The number of nitrogens with one attached hydrogen (secondary N) is 1. The van der Waals surface area contributed by atoms with E-state index in [-0.39, 0.29) is 18.4 Å². The molecule has 0 saturated carbocycles. The molecule has 2 amide bonds. The average molecular weight is 413 g/mol. The summed E-state index contributed by atoms with van der Waals surface area (Å²) in [6, 6.07) is 14.5. The van der Waals surface area contributed by atoms with Gasteiger partial charge in [-0.1, -0.05) is 55.3 Å². The monoisotopic (exact) mass is 412 g/mol. The molecule has 0 spiro atoms. The van der Waals surface area contributed by atoms with E-state index in [4.69, 9.17) is 9.47 Å². The first kappa shape index (κ1) is 23.3. The van der Waals surface area contributed by atoms with Crippen molar-refractivity contribution in [3.8, 4) is 11.5 Å². The molecule has 0 bridgehead atoms. The fourth-order valence-electron chi connectivity index (χ4n) is 2.97. The van der Waals surface area contributed by atoms with Crippen LogP contribution in [0.2, 0.25) is 0 Å². The first-order valence-electron chi connectivity index (χ1n) is 10.3. The van der Waals surface area contributed by atoms with Crippen LogP contribution in [0.25, 0.3) is 0 Å². The molecule has 0 aliphatic carbocycles.